The lowest BCUT2D eigenvalue weighted by Gasteiger charge is -2.13. The molecule has 0 aliphatic heterocycles. The Labute approximate surface area is 76.3 Å². The number of ether oxygens (including phenoxy) is 3. The normalized spacial score (nSPS) is 11.5. The summed E-state index contributed by atoms with van der Waals surface area (Å²) in [6.07, 6.45) is 0.125. The topological polar surface area (TPSA) is 61.8 Å². The summed E-state index contributed by atoms with van der Waals surface area (Å²) in [6, 6.07) is 0. The van der Waals surface area contributed by atoms with Gasteiger partial charge in [0.25, 0.3) is 0 Å². The molecule has 5 heteroatoms. The van der Waals surface area contributed by atoms with E-state index in [1.54, 1.807) is 0 Å². The summed E-state index contributed by atoms with van der Waals surface area (Å²) in [4.78, 5) is 21.4. The number of rotatable bonds is 5. The highest BCUT2D eigenvalue weighted by atomic mass is 16.7. The molecule has 0 aromatic carbocycles. The van der Waals surface area contributed by atoms with Crippen LogP contribution in [0.2, 0.25) is 0 Å². The molecule has 0 bridgehead atoms. The van der Waals surface area contributed by atoms with Crippen molar-refractivity contribution in [3.8, 4) is 0 Å². The minimum Gasteiger partial charge on any atom is -0.464 e. The molecule has 1 atom stereocenters. The van der Waals surface area contributed by atoms with Crippen LogP contribution in [0.4, 0.5) is 0 Å². The molecule has 0 amide bonds. The first-order valence-electron chi connectivity index (χ1n) is 3.59. The Hall–Kier alpha value is -1.36. The van der Waals surface area contributed by atoms with Crippen LogP contribution in [0.3, 0.4) is 0 Å². The van der Waals surface area contributed by atoms with Gasteiger partial charge in [-0.3, -0.25) is 4.79 Å². The van der Waals surface area contributed by atoms with Crippen LogP contribution in [0.15, 0.2) is 12.7 Å². The van der Waals surface area contributed by atoms with Crippen LogP contribution < -0.4 is 0 Å². The highest BCUT2D eigenvalue weighted by molar-refractivity contribution is 5.77. The van der Waals surface area contributed by atoms with Gasteiger partial charge < -0.3 is 14.2 Å². The summed E-state index contributed by atoms with van der Waals surface area (Å²) < 4.78 is 13.7. The van der Waals surface area contributed by atoms with Gasteiger partial charge in [0.15, 0.2) is 0 Å². The molecule has 0 radical (unpaired) electrons. The van der Waals surface area contributed by atoms with E-state index in [2.05, 4.69) is 16.1 Å². The van der Waals surface area contributed by atoms with Gasteiger partial charge in [-0.25, -0.2) is 4.79 Å². The average Bonchev–Trinajstić information content (AvgIpc) is 2.10. The van der Waals surface area contributed by atoms with Gasteiger partial charge in [-0.05, 0) is 0 Å². The van der Waals surface area contributed by atoms with Crippen molar-refractivity contribution >= 4 is 11.9 Å². The third kappa shape index (κ3) is 4.97. The van der Waals surface area contributed by atoms with Crippen LogP contribution in [0.5, 0.6) is 0 Å². The van der Waals surface area contributed by atoms with Crippen molar-refractivity contribution in [1.82, 2.24) is 0 Å². The summed E-state index contributed by atoms with van der Waals surface area (Å²) in [6.45, 7) is 4.66. The van der Waals surface area contributed by atoms with Gasteiger partial charge in [0.2, 0.25) is 0 Å². The SMILES string of the molecule is C=CCO[C@@H](OC(C)=O)C(=O)OC. The van der Waals surface area contributed by atoms with E-state index < -0.39 is 18.2 Å². The van der Waals surface area contributed by atoms with Crippen LogP contribution in [-0.4, -0.2) is 31.9 Å². The lowest BCUT2D eigenvalue weighted by molar-refractivity contribution is -0.195. The Balaban J connectivity index is 4.09. The first-order chi connectivity index (χ1) is 6.11. The molecule has 74 valence electrons. The summed E-state index contributed by atoms with van der Waals surface area (Å²) in [5.41, 5.74) is 0. The predicted molar refractivity (Wildman–Crippen MR) is 43.7 cm³/mol. The maximum absolute atomic E-state index is 10.9. The number of hydrogen-bond donors (Lipinski definition) is 0. The minimum absolute atomic E-state index is 0.104. The number of carbonyl (C=O) groups excluding carboxylic acids is 2. The van der Waals surface area contributed by atoms with Crippen LogP contribution in [0, 0.1) is 0 Å². The Bertz CT molecular complexity index is 199. The van der Waals surface area contributed by atoms with Crippen LogP contribution in [-0.2, 0) is 23.8 Å². The highest BCUT2D eigenvalue weighted by Gasteiger charge is 2.22. The molecule has 0 heterocycles. The molecule has 5 nitrogen and oxygen atoms in total. The Kier molecular flexibility index (Phi) is 5.54. The molecular formula is C8H12O5. The van der Waals surface area contributed by atoms with E-state index in [0.29, 0.717) is 0 Å². The zero-order valence-electron chi connectivity index (χ0n) is 7.61. The smallest absolute Gasteiger partial charge is 0.376 e. The number of hydrogen-bond acceptors (Lipinski definition) is 5. The Morgan fingerprint density at radius 2 is 2.15 bits per heavy atom. The van der Waals surface area contributed by atoms with Crippen molar-refractivity contribution in [3.05, 3.63) is 12.7 Å². The summed E-state index contributed by atoms with van der Waals surface area (Å²) >= 11 is 0. The van der Waals surface area contributed by atoms with Crippen molar-refractivity contribution in [2.24, 2.45) is 0 Å². The Morgan fingerprint density at radius 1 is 1.54 bits per heavy atom. The largest absolute Gasteiger partial charge is 0.464 e. The Morgan fingerprint density at radius 3 is 2.54 bits per heavy atom. The zero-order chi connectivity index (χ0) is 10.3. The van der Waals surface area contributed by atoms with Crippen molar-refractivity contribution in [2.45, 2.75) is 13.2 Å². The van der Waals surface area contributed by atoms with Gasteiger partial charge in [-0.1, -0.05) is 6.08 Å². The monoisotopic (exact) mass is 188 g/mol. The fraction of sp³-hybridized carbons (Fsp3) is 0.500. The second-order valence-electron chi connectivity index (χ2n) is 2.09. The van der Waals surface area contributed by atoms with E-state index >= 15 is 0 Å². The highest BCUT2D eigenvalue weighted by Crippen LogP contribution is 1.98. The maximum Gasteiger partial charge on any atom is 0.376 e. The van der Waals surface area contributed by atoms with Gasteiger partial charge in [0, 0.05) is 6.92 Å². The first kappa shape index (κ1) is 11.6. The summed E-state index contributed by atoms with van der Waals surface area (Å²) in [5, 5.41) is 0. The van der Waals surface area contributed by atoms with E-state index in [4.69, 9.17) is 4.74 Å². The summed E-state index contributed by atoms with van der Waals surface area (Å²) in [7, 11) is 1.18. The number of esters is 2. The molecule has 0 aromatic heterocycles. The van der Waals surface area contributed by atoms with E-state index in [1.165, 1.54) is 20.1 Å². The van der Waals surface area contributed by atoms with Gasteiger partial charge in [0.05, 0.1) is 13.7 Å². The molecule has 0 saturated heterocycles. The van der Waals surface area contributed by atoms with Gasteiger partial charge in [0.1, 0.15) is 0 Å². The quantitative estimate of drug-likeness (QED) is 0.351. The fourth-order valence-electron chi connectivity index (χ4n) is 0.553. The predicted octanol–water partition coefficient (Wildman–Crippen LogP) is 0.251. The molecule has 0 unspecified atom stereocenters. The molecule has 0 spiro atoms. The molecule has 13 heavy (non-hydrogen) atoms. The molecule has 0 aliphatic carbocycles. The van der Waals surface area contributed by atoms with E-state index in [1.807, 2.05) is 0 Å². The minimum atomic E-state index is -1.31. The van der Waals surface area contributed by atoms with Crippen molar-refractivity contribution < 1.29 is 23.8 Å². The molecular weight excluding hydrogens is 176 g/mol. The van der Waals surface area contributed by atoms with Gasteiger partial charge in [-0.2, -0.15) is 0 Å². The number of carbonyl (C=O) groups is 2. The van der Waals surface area contributed by atoms with Crippen molar-refractivity contribution in [1.29, 1.82) is 0 Å². The van der Waals surface area contributed by atoms with Crippen LogP contribution >= 0.6 is 0 Å². The molecule has 0 aliphatic rings. The van der Waals surface area contributed by atoms with Gasteiger partial charge >= 0.3 is 18.2 Å². The van der Waals surface area contributed by atoms with Crippen molar-refractivity contribution in [2.75, 3.05) is 13.7 Å². The van der Waals surface area contributed by atoms with Crippen LogP contribution in [0.1, 0.15) is 6.92 Å². The fourth-order valence-corrected chi connectivity index (χ4v) is 0.553. The lowest BCUT2D eigenvalue weighted by Crippen LogP contribution is -2.30. The van der Waals surface area contributed by atoms with Crippen LogP contribution in [0.25, 0.3) is 0 Å². The third-order valence-corrected chi connectivity index (χ3v) is 1.03. The average molecular weight is 188 g/mol. The second-order valence-corrected chi connectivity index (χ2v) is 2.09. The standard InChI is InChI=1S/C8H12O5/c1-4-5-12-8(7(10)11-3)13-6(2)9/h4,8H,1,5H2,2-3H3/t8-/m0/s1. The van der Waals surface area contributed by atoms with E-state index in [0.717, 1.165) is 0 Å². The summed E-state index contributed by atoms with van der Waals surface area (Å²) in [5.74, 6) is -1.36. The molecule has 0 saturated carbocycles. The molecule has 0 fully saturated rings. The molecule has 0 N–H and O–H groups in total. The van der Waals surface area contributed by atoms with Gasteiger partial charge in [-0.15, -0.1) is 6.58 Å². The van der Waals surface area contributed by atoms with E-state index in [-0.39, 0.29) is 6.61 Å². The second kappa shape index (κ2) is 6.19. The molecule has 0 aromatic rings. The zero-order valence-corrected chi connectivity index (χ0v) is 7.61. The third-order valence-electron chi connectivity index (χ3n) is 1.03. The maximum atomic E-state index is 10.9. The van der Waals surface area contributed by atoms with E-state index in [9.17, 15) is 9.59 Å². The number of methoxy groups -OCH3 is 1. The lowest BCUT2D eigenvalue weighted by atomic mass is 10.6. The molecule has 0 rings (SSSR count). The van der Waals surface area contributed by atoms with Crippen molar-refractivity contribution in [3.63, 3.8) is 0 Å². The first-order valence-corrected chi connectivity index (χ1v) is 3.59.